The van der Waals surface area contributed by atoms with Crippen LogP contribution in [0.15, 0.2) is 60.7 Å². The van der Waals surface area contributed by atoms with Crippen molar-refractivity contribution in [2.45, 2.75) is 6.54 Å². The molecule has 0 spiro atoms. The van der Waals surface area contributed by atoms with Crippen LogP contribution in [0, 0.1) is 0 Å². The van der Waals surface area contributed by atoms with Crippen molar-refractivity contribution in [1.29, 1.82) is 0 Å². The van der Waals surface area contributed by atoms with E-state index in [1.807, 2.05) is 49.5 Å². The Balaban J connectivity index is 2.21. The number of carbonyl (C=O) groups excluding carboxylic acids is 1. The first kappa shape index (κ1) is 11.7. The van der Waals surface area contributed by atoms with Gasteiger partial charge in [-0.05, 0) is 22.3 Å². The molecule has 1 amide bonds. The number of benzene rings is 2. The van der Waals surface area contributed by atoms with Crippen LogP contribution >= 0.6 is 0 Å². The molecular formula is C17H15NO. The number of hydrogen-bond acceptors (Lipinski definition) is 1. The molecule has 2 heteroatoms. The molecule has 0 saturated heterocycles. The fraction of sp³-hybridized carbons (Fsp3) is 0.118. The number of likely N-dealkylation sites (N-methyl/N-ethyl adjacent to an activating group) is 1. The highest BCUT2D eigenvalue weighted by Crippen LogP contribution is 2.29. The molecule has 0 radical (unpaired) electrons. The molecule has 0 N–H and O–H groups in total. The second kappa shape index (κ2) is 4.73. The van der Waals surface area contributed by atoms with E-state index in [0.29, 0.717) is 6.54 Å². The average molecular weight is 249 g/mol. The van der Waals surface area contributed by atoms with Crippen LogP contribution in [0.5, 0.6) is 0 Å². The standard InChI is InChI=1S/C17H15NO/c1-18-12-14-9-5-6-10-15(14)16(11-17(18)19)13-7-3-2-4-8-13/h2-11H,12H2,1H3. The van der Waals surface area contributed by atoms with Crippen molar-refractivity contribution in [3.8, 4) is 0 Å². The zero-order chi connectivity index (χ0) is 13.2. The maximum Gasteiger partial charge on any atom is 0.247 e. The summed E-state index contributed by atoms with van der Waals surface area (Å²) in [4.78, 5) is 13.9. The van der Waals surface area contributed by atoms with Crippen LogP contribution in [0.25, 0.3) is 5.57 Å². The van der Waals surface area contributed by atoms with Crippen molar-refractivity contribution in [2.24, 2.45) is 0 Å². The summed E-state index contributed by atoms with van der Waals surface area (Å²) in [7, 11) is 1.84. The molecule has 0 atom stereocenters. The van der Waals surface area contributed by atoms with Gasteiger partial charge in [-0.3, -0.25) is 4.79 Å². The highest BCUT2D eigenvalue weighted by Gasteiger charge is 2.18. The molecule has 1 heterocycles. The summed E-state index contributed by atoms with van der Waals surface area (Å²) in [5, 5.41) is 0. The van der Waals surface area contributed by atoms with Gasteiger partial charge in [0.1, 0.15) is 0 Å². The van der Waals surface area contributed by atoms with Crippen LogP contribution < -0.4 is 0 Å². The molecule has 0 unspecified atom stereocenters. The fourth-order valence-corrected chi connectivity index (χ4v) is 2.42. The van der Waals surface area contributed by atoms with Crippen molar-refractivity contribution in [3.63, 3.8) is 0 Å². The third-order valence-corrected chi connectivity index (χ3v) is 3.44. The largest absolute Gasteiger partial charge is 0.338 e. The van der Waals surface area contributed by atoms with E-state index in [9.17, 15) is 4.79 Å². The molecule has 0 bridgehead atoms. The van der Waals surface area contributed by atoms with Gasteiger partial charge in [0.2, 0.25) is 5.91 Å². The average Bonchev–Trinajstić information content (AvgIpc) is 2.58. The normalized spacial score (nSPS) is 14.7. The van der Waals surface area contributed by atoms with Gasteiger partial charge in [0.25, 0.3) is 0 Å². The summed E-state index contributed by atoms with van der Waals surface area (Å²) >= 11 is 0. The number of rotatable bonds is 1. The summed E-state index contributed by atoms with van der Waals surface area (Å²) in [5.41, 5.74) is 4.42. The zero-order valence-electron chi connectivity index (χ0n) is 10.8. The molecule has 2 nitrogen and oxygen atoms in total. The van der Waals surface area contributed by atoms with Gasteiger partial charge in [0.05, 0.1) is 0 Å². The number of carbonyl (C=O) groups is 1. The van der Waals surface area contributed by atoms with Crippen molar-refractivity contribution >= 4 is 11.5 Å². The molecule has 1 aliphatic heterocycles. The molecule has 1 aliphatic rings. The van der Waals surface area contributed by atoms with Gasteiger partial charge in [-0.1, -0.05) is 54.6 Å². The summed E-state index contributed by atoms with van der Waals surface area (Å²) < 4.78 is 0. The second-order valence-electron chi connectivity index (χ2n) is 4.78. The van der Waals surface area contributed by atoms with Crippen molar-refractivity contribution in [2.75, 3.05) is 7.05 Å². The first-order valence-corrected chi connectivity index (χ1v) is 6.36. The van der Waals surface area contributed by atoms with E-state index < -0.39 is 0 Å². The minimum atomic E-state index is 0.0510. The van der Waals surface area contributed by atoms with Crippen LogP contribution in [-0.4, -0.2) is 17.9 Å². The lowest BCUT2D eigenvalue weighted by Gasteiger charge is -2.14. The highest BCUT2D eigenvalue weighted by atomic mass is 16.2. The topological polar surface area (TPSA) is 20.3 Å². The minimum absolute atomic E-state index is 0.0510. The van der Waals surface area contributed by atoms with Gasteiger partial charge in [-0.15, -0.1) is 0 Å². The fourth-order valence-electron chi connectivity index (χ4n) is 2.42. The van der Waals surface area contributed by atoms with E-state index in [2.05, 4.69) is 12.1 Å². The predicted octanol–water partition coefficient (Wildman–Crippen LogP) is 3.09. The Bertz CT molecular complexity index is 643. The van der Waals surface area contributed by atoms with Crippen molar-refractivity contribution in [3.05, 3.63) is 77.4 Å². The lowest BCUT2D eigenvalue weighted by Crippen LogP contribution is -2.23. The van der Waals surface area contributed by atoms with Gasteiger partial charge < -0.3 is 4.90 Å². The maximum absolute atomic E-state index is 12.1. The summed E-state index contributed by atoms with van der Waals surface area (Å²) in [5.74, 6) is 0.0510. The van der Waals surface area contributed by atoms with Crippen LogP contribution in [0.2, 0.25) is 0 Å². The Morgan fingerprint density at radius 2 is 1.63 bits per heavy atom. The first-order chi connectivity index (χ1) is 9.25. The molecule has 3 rings (SSSR count). The molecule has 0 aromatic heterocycles. The summed E-state index contributed by atoms with van der Waals surface area (Å²) in [6, 6.07) is 18.3. The van der Waals surface area contributed by atoms with Gasteiger partial charge >= 0.3 is 0 Å². The maximum atomic E-state index is 12.1. The Morgan fingerprint density at radius 3 is 2.42 bits per heavy atom. The molecular weight excluding hydrogens is 234 g/mol. The molecule has 19 heavy (non-hydrogen) atoms. The number of amides is 1. The lowest BCUT2D eigenvalue weighted by molar-refractivity contribution is -0.125. The van der Waals surface area contributed by atoms with Crippen LogP contribution in [0.4, 0.5) is 0 Å². The molecule has 2 aromatic carbocycles. The van der Waals surface area contributed by atoms with E-state index in [-0.39, 0.29) is 5.91 Å². The summed E-state index contributed by atoms with van der Waals surface area (Å²) in [6.45, 7) is 0.655. The predicted molar refractivity (Wildman–Crippen MR) is 76.4 cm³/mol. The molecule has 0 fully saturated rings. The second-order valence-corrected chi connectivity index (χ2v) is 4.78. The van der Waals surface area contributed by atoms with Crippen LogP contribution in [0.1, 0.15) is 16.7 Å². The number of hydrogen-bond donors (Lipinski definition) is 0. The van der Waals surface area contributed by atoms with Crippen LogP contribution in [-0.2, 0) is 11.3 Å². The zero-order valence-corrected chi connectivity index (χ0v) is 10.8. The monoisotopic (exact) mass is 249 g/mol. The Kier molecular flexibility index (Phi) is 2.92. The van der Waals surface area contributed by atoms with E-state index >= 15 is 0 Å². The number of fused-ring (bicyclic) bond motifs is 1. The third kappa shape index (κ3) is 2.17. The van der Waals surface area contributed by atoms with Gasteiger partial charge in [0, 0.05) is 19.7 Å². The van der Waals surface area contributed by atoms with E-state index in [0.717, 1.165) is 16.7 Å². The smallest absolute Gasteiger partial charge is 0.247 e. The molecule has 0 saturated carbocycles. The van der Waals surface area contributed by atoms with E-state index in [4.69, 9.17) is 0 Å². The van der Waals surface area contributed by atoms with E-state index in [1.54, 1.807) is 11.0 Å². The minimum Gasteiger partial charge on any atom is -0.338 e. The highest BCUT2D eigenvalue weighted by molar-refractivity contribution is 6.00. The Hall–Kier alpha value is -2.35. The first-order valence-electron chi connectivity index (χ1n) is 6.36. The molecule has 94 valence electrons. The van der Waals surface area contributed by atoms with Gasteiger partial charge in [0.15, 0.2) is 0 Å². The SMILES string of the molecule is CN1Cc2ccccc2C(c2ccccc2)=CC1=O. The van der Waals surface area contributed by atoms with Crippen molar-refractivity contribution in [1.82, 2.24) is 4.90 Å². The third-order valence-electron chi connectivity index (χ3n) is 3.44. The van der Waals surface area contributed by atoms with Crippen molar-refractivity contribution < 1.29 is 4.79 Å². The molecule has 0 aliphatic carbocycles. The van der Waals surface area contributed by atoms with Gasteiger partial charge in [-0.25, -0.2) is 0 Å². The van der Waals surface area contributed by atoms with Crippen LogP contribution in [0.3, 0.4) is 0 Å². The summed E-state index contributed by atoms with van der Waals surface area (Å²) in [6.07, 6.45) is 1.74. The lowest BCUT2D eigenvalue weighted by atomic mass is 9.94. The van der Waals surface area contributed by atoms with E-state index in [1.165, 1.54) is 5.56 Å². The molecule has 2 aromatic rings. The Morgan fingerprint density at radius 1 is 0.947 bits per heavy atom. The Labute approximate surface area is 113 Å². The van der Waals surface area contributed by atoms with Gasteiger partial charge in [-0.2, -0.15) is 0 Å². The number of nitrogens with zero attached hydrogens (tertiary/aromatic N) is 1. The quantitative estimate of drug-likeness (QED) is 0.760.